The van der Waals surface area contributed by atoms with E-state index in [1.165, 1.54) is 6.42 Å². The van der Waals surface area contributed by atoms with Gasteiger partial charge in [0.1, 0.15) is 5.75 Å². The maximum atomic E-state index is 12.5. The summed E-state index contributed by atoms with van der Waals surface area (Å²) in [5.41, 5.74) is 1.87. The number of rotatable bonds is 6. The quantitative estimate of drug-likeness (QED) is 0.767. The molecule has 3 rings (SSSR count). The van der Waals surface area contributed by atoms with Gasteiger partial charge in [0.25, 0.3) is 5.91 Å². The van der Waals surface area contributed by atoms with Gasteiger partial charge in [-0.25, -0.2) is 0 Å². The van der Waals surface area contributed by atoms with E-state index in [1.54, 1.807) is 30.3 Å². The van der Waals surface area contributed by atoms with Crippen LogP contribution in [-0.2, 0) is 4.79 Å². The largest absolute Gasteiger partial charge is 0.494 e. The molecule has 2 aromatic rings. The van der Waals surface area contributed by atoms with E-state index < -0.39 is 0 Å². The summed E-state index contributed by atoms with van der Waals surface area (Å²) in [6.45, 7) is 2.45. The molecule has 2 aromatic carbocycles. The summed E-state index contributed by atoms with van der Waals surface area (Å²) in [7, 11) is 0. The van der Waals surface area contributed by atoms with E-state index in [9.17, 15) is 9.59 Å². The highest BCUT2D eigenvalue weighted by Crippen LogP contribution is 2.25. The van der Waals surface area contributed by atoms with Gasteiger partial charge in [-0.2, -0.15) is 0 Å². The molecular weight excluding hydrogens is 340 g/mol. The van der Waals surface area contributed by atoms with Gasteiger partial charge in [-0.1, -0.05) is 31.4 Å². The Balaban J connectivity index is 1.64. The summed E-state index contributed by atoms with van der Waals surface area (Å²) in [6.07, 6.45) is 5.37. The molecule has 0 aromatic heterocycles. The Morgan fingerprint density at radius 1 is 0.963 bits per heavy atom. The predicted octanol–water partition coefficient (Wildman–Crippen LogP) is 4.86. The molecule has 0 spiro atoms. The van der Waals surface area contributed by atoms with Crippen LogP contribution in [-0.4, -0.2) is 18.4 Å². The van der Waals surface area contributed by atoms with Crippen LogP contribution >= 0.6 is 0 Å². The van der Waals surface area contributed by atoms with Gasteiger partial charge >= 0.3 is 0 Å². The summed E-state index contributed by atoms with van der Waals surface area (Å²) in [5, 5.41) is 5.86. The Hall–Kier alpha value is -2.82. The van der Waals surface area contributed by atoms with E-state index in [0.29, 0.717) is 29.3 Å². The zero-order chi connectivity index (χ0) is 19.1. The van der Waals surface area contributed by atoms with Crippen LogP contribution in [0.25, 0.3) is 0 Å². The summed E-state index contributed by atoms with van der Waals surface area (Å²) >= 11 is 0. The van der Waals surface area contributed by atoms with Gasteiger partial charge in [0.15, 0.2) is 0 Å². The van der Waals surface area contributed by atoms with Crippen LogP contribution in [0.2, 0.25) is 0 Å². The van der Waals surface area contributed by atoms with Crippen molar-refractivity contribution in [3.63, 3.8) is 0 Å². The van der Waals surface area contributed by atoms with Crippen molar-refractivity contribution < 1.29 is 14.3 Å². The molecule has 0 bridgehead atoms. The summed E-state index contributed by atoms with van der Waals surface area (Å²) in [4.78, 5) is 24.9. The molecule has 1 aliphatic rings. The second-order valence-corrected chi connectivity index (χ2v) is 6.82. The second-order valence-electron chi connectivity index (χ2n) is 6.82. The van der Waals surface area contributed by atoms with Gasteiger partial charge in [-0.15, -0.1) is 0 Å². The van der Waals surface area contributed by atoms with Gasteiger partial charge in [0.05, 0.1) is 6.61 Å². The van der Waals surface area contributed by atoms with Crippen molar-refractivity contribution in [1.82, 2.24) is 0 Å². The second kappa shape index (κ2) is 9.21. The van der Waals surface area contributed by atoms with E-state index in [4.69, 9.17) is 4.74 Å². The van der Waals surface area contributed by atoms with Crippen molar-refractivity contribution in [2.75, 3.05) is 17.2 Å². The highest BCUT2D eigenvalue weighted by Gasteiger charge is 2.21. The number of carbonyl (C=O) groups is 2. The van der Waals surface area contributed by atoms with Crippen molar-refractivity contribution in [3.8, 4) is 5.75 Å². The molecule has 0 atom stereocenters. The highest BCUT2D eigenvalue weighted by molar-refractivity contribution is 6.05. The number of carbonyl (C=O) groups excluding carboxylic acids is 2. The molecule has 0 radical (unpaired) electrons. The van der Waals surface area contributed by atoms with Gasteiger partial charge in [0, 0.05) is 22.9 Å². The molecule has 0 unspecified atom stereocenters. The lowest BCUT2D eigenvalue weighted by molar-refractivity contribution is -0.120. The standard InChI is InChI=1S/C22H26N2O3/c1-2-27-20-13-6-10-17(14-20)22(26)24-19-12-7-11-18(15-19)23-21(25)16-8-4-3-5-9-16/h6-7,10-16H,2-5,8-9H2,1H3,(H,23,25)(H,24,26). The Kier molecular flexibility index (Phi) is 6.47. The van der Waals surface area contributed by atoms with Gasteiger partial charge < -0.3 is 15.4 Å². The fourth-order valence-electron chi connectivity index (χ4n) is 3.38. The van der Waals surface area contributed by atoms with Gasteiger partial charge in [-0.3, -0.25) is 9.59 Å². The number of amides is 2. The summed E-state index contributed by atoms with van der Waals surface area (Å²) in [6, 6.07) is 14.3. The number of ether oxygens (including phenoxy) is 1. The molecule has 2 amide bonds. The van der Waals surface area contributed by atoms with E-state index in [1.807, 2.05) is 25.1 Å². The lowest BCUT2D eigenvalue weighted by atomic mass is 9.88. The van der Waals surface area contributed by atoms with E-state index in [-0.39, 0.29) is 17.7 Å². The fraction of sp³-hybridized carbons (Fsp3) is 0.364. The van der Waals surface area contributed by atoms with Crippen LogP contribution in [0, 0.1) is 5.92 Å². The molecule has 0 aliphatic heterocycles. The lowest BCUT2D eigenvalue weighted by Gasteiger charge is -2.20. The number of hydrogen-bond donors (Lipinski definition) is 2. The third-order valence-corrected chi connectivity index (χ3v) is 4.77. The third kappa shape index (κ3) is 5.33. The molecule has 27 heavy (non-hydrogen) atoms. The fourth-order valence-corrected chi connectivity index (χ4v) is 3.38. The van der Waals surface area contributed by atoms with Crippen molar-refractivity contribution in [2.45, 2.75) is 39.0 Å². The molecule has 5 nitrogen and oxygen atoms in total. The van der Waals surface area contributed by atoms with Gasteiger partial charge in [0.2, 0.25) is 5.91 Å². The number of benzene rings is 2. The zero-order valence-corrected chi connectivity index (χ0v) is 15.7. The molecule has 5 heteroatoms. The maximum Gasteiger partial charge on any atom is 0.255 e. The lowest BCUT2D eigenvalue weighted by Crippen LogP contribution is -2.24. The Morgan fingerprint density at radius 2 is 1.67 bits per heavy atom. The molecule has 0 saturated heterocycles. The minimum Gasteiger partial charge on any atom is -0.494 e. The van der Waals surface area contributed by atoms with Crippen LogP contribution in [0.3, 0.4) is 0 Å². The topological polar surface area (TPSA) is 67.4 Å². The Morgan fingerprint density at radius 3 is 2.41 bits per heavy atom. The summed E-state index contributed by atoms with van der Waals surface area (Å²) in [5.74, 6) is 0.617. The first-order chi connectivity index (χ1) is 13.2. The first kappa shape index (κ1) is 19.0. The van der Waals surface area contributed by atoms with Crippen molar-refractivity contribution in [3.05, 3.63) is 54.1 Å². The molecule has 0 heterocycles. The maximum absolute atomic E-state index is 12.5. The molecule has 1 fully saturated rings. The van der Waals surface area contributed by atoms with Crippen LogP contribution in [0.5, 0.6) is 5.75 Å². The Bertz CT molecular complexity index is 798. The van der Waals surface area contributed by atoms with Crippen LogP contribution in [0.15, 0.2) is 48.5 Å². The van der Waals surface area contributed by atoms with Crippen LogP contribution in [0.1, 0.15) is 49.4 Å². The third-order valence-electron chi connectivity index (χ3n) is 4.77. The molecule has 1 saturated carbocycles. The first-order valence-electron chi connectivity index (χ1n) is 9.61. The number of anilines is 2. The smallest absolute Gasteiger partial charge is 0.255 e. The average Bonchev–Trinajstić information content (AvgIpc) is 2.69. The van der Waals surface area contributed by atoms with Crippen molar-refractivity contribution in [1.29, 1.82) is 0 Å². The average molecular weight is 366 g/mol. The number of hydrogen-bond acceptors (Lipinski definition) is 3. The van der Waals surface area contributed by atoms with Crippen LogP contribution < -0.4 is 15.4 Å². The van der Waals surface area contributed by atoms with Gasteiger partial charge in [-0.05, 0) is 56.2 Å². The normalized spacial score (nSPS) is 14.4. The predicted molar refractivity (Wildman–Crippen MR) is 107 cm³/mol. The Labute approximate surface area is 160 Å². The monoisotopic (exact) mass is 366 g/mol. The minimum atomic E-state index is -0.215. The molecular formula is C22H26N2O3. The molecule has 2 N–H and O–H groups in total. The highest BCUT2D eigenvalue weighted by atomic mass is 16.5. The SMILES string of the molecule is CCOc1cccc(C(=O)Nc2cccc(NC(=O)C3CCCCC3)c2)c1. The molecule has 142 valence electrons. The first-order valence-corrected chi connectivity index (χ1v) is 9.61. The van der Waals surface area contributed by atoms with E-state index in [2.05, 4.69) is 10.6 Å². The van der Waals surface area contributed by atoms with E-state index >= 15 is 0 Å². The van der Waals surface area contributed by atoms with Crippen molar-refractivity contribution >= 4 is 23.2 Å². The summed E-state index contributed by atoms with van der Waals surface area (Å²) < 4.78 is 5.44. The molecule has 1 aliphatic carbocycles. The zero-order valence-electron chi connectivity index (χ0n) is 15.7. The minimum absolute atomic E-state index is 0.0718. The van der Waals surface area contributed by atoms with E-state index in [0.717, 1.165) is 25.7 Å². The number of nitrogens with one attached hydrogen (secondary N) is 2. The van der Waals surface area contributed by atoms with Crippen molar-refractivity contribution in [2.24, 2.45) is 5.92 Å². The van der Waals surface area contributed by atoms with Crippen LogP contribution in [0.4, 0.5) is 11.4 Å².